The predicted molar refractivity (Wildman–Crippen MR) is 103 cm³/mol. The van der Waals surface area contributed by atoms with Gasteiger partial charge >= 0.3 is 0 Å². The first-order valence-electron chi connectivity index (χ1n) is 9.87. The summed E-state index contributed by atoms with van der Waals surface area (Å²) in [4.78, 5) is 40.2. The number of amides is 3. The van der Waals surface area contributed by atoms with Gasteiger partial charge in [0.15, 0.2) is 0 Å². The molecular weight excluding hydrogens is 360 g/mol. The number of methoxy groups -OCH3 is 1. The Morgan fingerprint density at radius 1 is 1.07 bits per heavy atom. The van der Waals surface area contributed by atoms with Crippen molar-refractivity contribution in [2.75, 3.05) is 33.9 Å². The minimum atomic E-state index is -0.160. The molecule has 3 rings (SSSR count). The molecule has 0 bridgehead atoms. The van der Waals surface area contributed by atoms with Crippen LogP contribution in [-0.2, 0) is 14.4 Å². The maximum atomic E-state index is 12.5. The van der Waals surface area contributed by atoms with Crippen LogP contribution in [0.2, 0.25) is 0 Å². The Kier molecular flexibility index (Phi) is 6.54. The van der Waals surface area contributed by atoms with Crippen LogP contribution < -0.4 is 9.47 Å². The molecule has 1 aromatic rings. The smallest absolute Gasteiger partial charge is 0.233 e. The lowest BCUT2D eigenvalue weighted by atomic mass is 9.81. The van der Waals surface area contributed by atoms with Crippen LogP contribution in [-0.4, -0.2) is 61.4 Å². The van der Waals surface area contributed by atoms with E-state index < -0.39 is 0 Å². The largest absolute Gasteiger partial charge is 0.497 e. The van der Waals surface area contributed by atoms with E-state index in [1.807, 2.05) is 24.3 Å². The number of fused-ring (bicyclic) bond motifs is 1. The topological polar surface area (TPSA) is 76.2 Å². The third-order valence-corrected chi connectivity index (χ3v) is 5.66. The summed E-state index contributed by atoms with van der Waals surface area (Å²) in [5.74, 6) is 0.858. The van der Waals surface area contributed by atoms with Gasteiger partial charge in [-0.3, -0.25) is 19.3 Å². The molecule has 2 atom stereocenters. The number of ether oxygens (including phenoxy) is 2. The van der Waals surface area contributed by atoms with Gasteiger partial charge in [0.2, 0.25) is 17.7 Å². The van der Waals surface area contributed by atoms with Crippen LogP contribution in [0.15, 0.2) is 24.3 Å². The number of carbonyl (C=O) groups excluding carboxylic acids is 3. The van der Waals surface area contributed by atoms with Gasteiger partial charge in [0, 0.05) is 20.0 Å². The zero-order valence-electron chi connectivity index (χ0n) is 16.6. The van der Waals surface area contributed by atoms with Crippen molar-refractivity contribution in [1.82, 2.24) is 9.80 Å². The third kappa shape index (κ3) is 4.46. The molecule has 1 aliphatic heterocycles. The van der Waals surface area contributed by atoms with Gasteiger partial charge in [0.25, 0.3) is 0 Å². The molecule has 2 aliphatic rings. The lowest BCUT2D eigenvalue weighted by Crippen LogP contribution is -2.37. The van der Waals surface area contributed by atoms with Crippen molar-refractivity contribution in [3.8, 4) is 11.5 Å². The molecule has 7 heteroatoms. The lowest BCUT2D eigenvalue weighted by Gasteiger charge is -2.20. The van der Waals surface area contributed by atoms with Gasteiger partial charge in [-0.25, -0.2) is 0 Å². The molecule has 1 aromatic carbocycles. The summed E-state index contributed by atoms with van der Waals surface area (Å²) in [7, 11) is 3.31. The second-order valence-corrected chi connectivity index (χ2v) is 7.41. The summed E-state index contributed by atoms with van der Waals surface area (Å²) in [6.45, 7) is 0.964. The van der Waals surface area contributed by atoms with Crippen molar-refractivity contribution in [2.45, 2.75) is 32.1 Å². The van der Waals surface area contributed by atoms with E-state index in [-0.39, 0.29) is 42.5 Å². The number of benzene rings is 1. The van der Waals surface area contributed by atoms with Crippen LogP contribution in [0.1, 0.15) is 32.1 Å². The summed E-state index contributed by atoms with van der Waals surface area (Å²) in [5, 5.41) is 0. The number of hydrogen-bond donors (Lipinski definition) is 0. The molecule has 0 spiro atoms. The number of carbonyl (C=O) groups is 3. The van der Waals surface area contributed by atoms with E-state index in [0.29, 0.717) is 18.9 Å². The van der Waals surface area contributed by atoms with Crippen molar-refractivity contribution in [3.63, 3.8) is 0 Å². The molecule has 1 aliphatic carbocycles. The van der Waals surface area contributed by atoms with Gasteiger partial charge in [-0.05, 0) is 37.1 Å². The number of nitrogens with zero attached hydrogens (tertiary/aromatic N) is 2. The molecule has 7 nitrogen and oxygen atoms in total. The van der Waals surface area contributed by atoms with E-state index in [1.165, 1.54) is 4.90 Å². The first-order valence-corrected chi connectivity index (χ1v) is 9.87. The number of hydrogen-bond acceptors (Lipinski definition) is 5. The van der Waals surface area contributed by atoms with Crippen molar-refractivity contribution in [3.05, 3.63) is 24.3 Å². The van der Waals surface area contributed by atoms with Gasteiger partial charge in [-0.15, -0.1) is 0 Å². The van der Waals surface area contributed by atoms with Gasteiger partial charge in [0.05, 0.1) is 25.5 Å². The fourth-order valence-corrected chi connectivity index (χ4v) is 3.95. The molecular formula is C21H28N2O5. The summed E-state index contributed by atoms with van der Waals surface area (Å²) in [5.41, 5.74) is 0. The zero-order chi connectivity index (χ0) is 20.1. The van der Waals surface area contributed by atoms with E-state index in [0.717, 1.165) is 31.4 Å². The normalized spacial score (nSPS) is 21.4. The minimum Gasteiger partial charge on any atom is -0.497 e. The van der Waals surface area contributed by atoms with Crippen LogP contribution in [0, 0.1) is 11.8 Å². The number of imide groups is 1. The summed E-state index contributed by atoms with van der Waals surface area (Å²) in [6, 6.07) is 7.24. The van der Waals surface area contributed by atoms with Gasteiger partial charge in [-0.1, -0.05) is 12.8 Å². The highest BCUT2D eigenvalue weighted by molar-refractivity contribution is 6.05. The summed E-state index contributed by atoms with van der Waals surface area (Å²) < 4.78 is 10.7. The Morgan fingerprint density at radius 3 is 2.21 bits per heavy atom. The summed E-state index contributed by atoms with van der Waals surface area (Å²) in [6.07, 6.45) is 3.74. The molecule has 0 radical (unpaired) electrons. The number of likely N-dealkylation sites (tertiary alicyclic amines) is 1. The second-order valence-electron chi connectivity index (χ2n) is 7.41. The van der Waals surface area contributed by atoms with E-state index in [2.05, 4.69) is 0 Å². The number of likely N-dealkylation sites (N-methyl/N-ethyl adjacent to an activating group) is 1. The molecule has 28 heavy (non-hydrogen) atoms. The van der Waals surface area contributed by atoms with Crippen LogP contribution in [0.3, 0.4) is 0 Å². The van der Waals surface area contributed by atoms with Gasteiger partial charge in [-0.2, -0.15) is 0 Å². The van der Waals surface area contributed by atoms with Crippen molar-refractivity contribution in [1.29, 1.82) is 0 Å². The van der Waals surface area contributed by atoms with Crippen LogP contribution >= 0.6 is 0 Å². The fourth-order valence-electron chi connectivity index (χ4n) is 3.95. The Balaban J connectivity index is 1.41. The molecule has 0 aromatic heterocycles. The van der Waals surface area contributed by atoms with E-state index in [9.17, 15) is 14.4 Å². The molecule has 0 N–H and O–H groups in total. The average Bonchev–Trinajstić information content (AvgIpc) is 2.97. The van der Waals surface area contributed by atoms with Crippen LogP contribution in [0.25, 0.3) is 0 Å². The van der Waals surface area contributed by atoms with Crippen molar-refractivity contribution >= 4 is 17.7 Å². The molecule has 1 saturated heterocycles. The summed E-state index contributed by atoms with van der Waals surface area (Å²) >= 11 is 0. The lowest BCUT2D eigenvalue weighted by molar-refractivity contribution is -0.140. The molecule has 0 unspecified atom stereocenters. The van der Waals surface area contributed by atoms with Crippen LogP contribution in [0.5, 0.6) is 11.5 Å². The van der Waals surface area contributed by atoms with Gasteiger partial charge in [0.1, 0.15) is 18.1 Å². The third-order valence-electron chi connectivity index (χ3n) is 5.66. The Hall–Kier alpha value is -2.57. The minimum absolute atomic E-state index is 0.0898. The second kappa shape index (κ2) is 9.08. The van der Waals surface area contributed by atoms with E-state index in [1.54, 1.807) is 19.1 Å². The highest BCUT2D eigenvalue weighted by Gasteiger charge is 2.47. The monoisotopic (exact) mass is 388 g/mol. The Morgan fingerprint density at radius 2 is 1.64 bits per heavy atom. The Labute approximate surface area is 165 Å². The SMILES string of the molecule is COc1ccc(OCCN(C)C(=O)CCN2C(=O)[C@H]3CCCC[C@@H]3C2=O)cc1. The maximum absolute atomic E-state index is 12.5. The highest BCUT2D eigenvalue weighted by Crippen LogP contribution is 2.37. The molecule has 2 fully saturated rings. The molecule has 3 amide bonds. The quantitative estimate of drug-likeness (QED) is 0.638. The number of rotatable bonds is 8. The van der Waals surface area contributed by atoms with Crippen molar-refractivity contribution in [2.24, 2.45) is 11.8 Å². The van der Waals surface area contributed by atoms with Crippen molar-refractivity contribution < 1.29 is 23.9 Å². The van der Waals surface area contributed by atoms with Gasteiger partial charge < -0.3 is 14.4 Å². The maximum Gasteiger partial charge on any atom is 0.233 e. The van der Waals surface area contributed by atoms with Crippen LogP contribution in [0.4, 0.5) is 0 Å². The molecule has 152 valence electrons. The van der Waals surface area contributed by atoms with E-state index >= 15 is 0 Å². The highest BCUT2D eigenvalue weighted by atomic mass is 16.5. The standard InChI is InChI=1S/C21H28N2O5/c1-22(13-14-28-16-9-7-15(27-2)8-10-16)19(24)11-12-23-20(25)17-5-3-4-6-18(17)21(23)26/h7-10,17-18H,3-6,11-14H2,1-2H3/t17-,18-/m0/s1. The predicted octanol–water partition coefficient (Wildman–Crippen LogP) is 2.10. The molecule has 1 heterocycles. The Bertz CT molecular complexity index is 694. The average molecular weight is 388 g/mol. The first-order chi connectivity index (χ1) is 13.5. The zero-order valence-corrected chi connectivity index (χ0v) is 16.6. The van der Waals surface area contributed by atoms with E-state index in [4.69, 9.17) is 9.47 Å². The molecule has 1 saturated carbocycles. The fraction of sp³-hybridized carbons (Fsp3) is 0.571. The first kappa shape index (κ1) is 20.2.